The number of hydrogen-bond donors (Lipinski definition) is 3. The first-order valence-electron chi connectivity index (χ1n) is 5.60. The minimum Gasteiger partial charge on any atom is -0.504 e. The summed E-state index contributed by atoms with van der Waals surface area (Å²) < 4.78 is 41.3. The van der Waals surface area contributed by atoms with Crippen LogP contribution in [0.2, 0.25) is 0 Å². The van der Waals surface area contributed by atoms with Gasteiger partial charge in [0.15, 0.2) is 17.6 Å². The second-order valence-electron chi connectivity index (χ2n) is 4.12. The molecule has 0 aliphatic rings. The van der Waals surface area contributed by atoms with Crippen LogP contribution in [-0.2, 0) is 0 Å². The van der Waals surface area contributed by atoms with Gasteiger partial charge in [-0.1, -0.05) is 6.07 Å². The minimum atomic E-state index is -4.64. The van der Waals surface area contributed by atoms with Crippen molar-refractivity contribution in [3.63, 3.8) is 0 Å². The molecule has 1 aromatic carbocycles. The predicted octanol–water partition coefficient (Wildman–Crippen LogP) is 1.97. The van der Waals surface area contributed by atoms with E-state index >= 15 is 0 Å². The van der Waals surface area contributed by atoms with E-state index in [0.717, 1.165) is 0 Å². The van der Waals surface area contributed by atoms with Crippen LogP contribution in [0.15, 0.2) is 18.2 Å². The molecule has 0 bridgehead atoms. The van der Waals surface area contributed by atoms with E-state index in [1.165, 1.54) is 19.2 Å². The maximum absolute atomic E-state index is 12.1. The lowest BCUT2D eigenvalue weighted by atomic mass is 10.1. The van der Waals surface area contributed by atoms with Crippen LogP contribution in [0.5, 0.6) is 11.5 Å². The largest absolute Gasteiger partial charge is 0.504 e. The number of phenols is 1. The molecule has 0 aliphatic heterocycles. The molecule has 1 rings (SSSR count). The van der Waals surface area contributed by atoms with Gasteiger partial charge < -0.3 is 20.3 Å². The van der Waals surface area contributed by atoms with E-state index in [1.807, 2.05) is 0 Å². The fraction of sp³-hybridized carbons (Fsp3) is 0.500. The van der Waals surface area contributed by atoms with Gasteiger partial charge in [0.25, 0.3) is 0 Å². The van der Waals surface area contributed by atoms with Crippen LogP contribution < -0.4 is 10.1 Å². The molecule has 0 saturated carbocycles. The Labute approximate surface area is 108 Å². The van der Waals surface area contributed by atoms with Crippen LogP contribution in [0.4, 0.5) is 13.2 Å². The van der Waals surface area contributed by atoms with Gasteiger partial charge in [0, 0.05) is 12.6 Å². The number of aromatic hydroxyl groups is 1. The molecular weight excluding hydrogens is 263 g/mol. The molecule has 0 saturated heterocycles. The van der Waals surface area contributed by atoms with Gasteiger partial charge in [-0.25, -0.2) is 0 Å². The van der Waals surface area contributed by atoms with E-state index in [-0.39, 0.29) is 11.5 Å². The van der Waals surface area contributed by atoms with Gasteiger partial charge in [0.1, 0.15) is 0 Å². The highest BCUT2D eigenvalue weighted by molar-refractivity contribution is 5.42. The molecule has 2 atom stereocenters. The van der Waals surface area contributed by atoms with E-state index in [0.29, 0.717) is 5.56 Å². The summed E-state index contributed by atoms with van der Waals surface area (Å²) in [5.74, 6) is 0.191. The molecule has 2 unspecified atom stereocenters. The zero-order chi connectivity index (χ0) is 14.6. The van der Waals surface area contributed by atoms with Crippen LogP contribution in [0.25, 0.3) is 0 Å². The zero-order valence-corrected chi connectivity index (χ0v) is 10.5. The van der Waals surface area contributed by atoms with E-state index in [4.69, 9.17) is 9.84 Å². The van der Waals surface area contributed by atoms with E-state index in [1.54, 1.807) is 13.0 Å². The fourth-order valence-electron chi connectivity index (χ4n) is 1.49. The zero-order valence-electron chi connectivity index (χ0n) is 10.5. The van der Waals surface area contributed by atoms with Crippen LogP contribution in [0.3, 0.4) is 0 Å². The van der Waals surface area contributed by atoms with Crippen molar-refractivity contribution in [3.8, 4) is 11.5 Å². The lowest BCUT2D eigenvalue weighted by molar-refractivity contribution is -0.202. The van der Waals surface area contributed by atoms with Gasteiger partial charge in [-0.2, -0.15) is 13.2 Å². The monoisotopic (exact) mass is 279 g/mol. The van der Waals surface area contributed by atoms with Crippen molar-refractivity contribution < 1.29 is 28.1 Å². The number of halogens is 3. The molecule has 0 aliphatic carbocycles. The summed E-state index contributed by atoms with van der Waals surface area (Å²) in [6, 6.07) is 4.06. The first kappa shape index (κ1) is 15.6. The summed E-state index contributed by atoms with van der Waals surface area (Å²) >= 11 is 0. The van der Waals surface area contributed by atoms with Gasteiger partial charge >= 0.3 is 6.18 Å². The van der Waals surface area contributed by atoms with Gasteiger partial charge in [0.05, 0.1) is 7.11 Å². The lowest BCUT2D eigenvalue weighted by Crippen LogP contribution is -2.39. The highest BCUT2D eigenvalue weighted by atomic mass is 19.4. The van der Waals surface area contributed by atoms with E-state index in [9.17, 15) is 18.3 Å². The molecule has 1 aromatic rings. The number of rotatable bonds is 5. The average molecular weight is 279 g/mol. The maximum Gasteiger partial charge on any atom is 0.415 e. The molecule has 7 heteroatoms. The average Bonchev–Trinajstić information content (AvgIpc) is 2.34. The standard InChI is InChI=1S/C12H16F3NO3/c1-7(16-6-11(18)12(13,14)15)8-3-4-9(17)10(5-8)19-2/h3-5,7,11,16-18H,6H2,1-2H3. The lowest BCUT2D eigenvalue weighted by Gasteiger charge is -2.19. The summed E-state index contributed by atoms with van der Waals surface area (Å²) in [5, 5.41) is 20.9. The minimum absolute atomic E-state index is 0.0474. The van der Waals surface area contributed by atoms with Crippen molar-refractivity contribution in [3.05, 3.63) is 23.8 Å². The normalized spacial score (nSPS) is 15.1. The third-order valence-corrected chi connectivity index (χ3v) is 2.70. The highest BCUT2D eigenvalue weighted by Gasteiger charge is 2.37. The summed E-state index contributed by atoms with van der Waals surface area (Å²) in [7, 11) is 1.38. The first-order chi connectivity index (χ1) is 8.75. The SMILES string of the molecule is COc1cc(C(C)NCC(O)C(F)(F)F)ccc1O. The summed E-state index contributed by atoms with van der Waals surface area (Å²) in [6.07, 6.45) is -7.05. The Morgan fingerprint density at radius 3 is 2.53 bits per heavy atom. The van der Waals surface area contributed by atoms with Crippen molar-refractivity contribution in [2.45, 2.75) is 25.2 Å². The van der Waals surface area contributed by atoms with Crippen LogP contribution in [0, 0.1) is 0 Å². The quantitative estimate of drug-likeness (QED) is 0.771. The van der Waals surface area contributed by atoms with Crippen molar-refractivity contribution in [1.29, 1.82) is 0 Å². The Kier molecular flexibility index (Phi) is 5.02. The predicted molar refractivity (Wildman–Crippen MR) is 63.1 cm³/mol. The topological polar surface area (TPSA) is 61.7 Å². The fourth-order valence-corrected chi connectivity index (χ4v) is 1.49. The van der Waals surface area contributed by atoms with Gasteiger partial charge in [-0.3, -0.25) is 0 Å². The third-order valence-electron chi connectivity index (χ3n) is 2.70. The van der Waals surface area contributed by atoms with Gasteiger partial charge in [-0.15, -0.1) is 0 Å². The molecule has 19 heavy (non-hydrogen) atoms. The maximum atomic E-state index is 12.1. The molecule has 0 radical (unpaired) electrons. The van der Waals surface area contributed by atoms with E-state index in [2.05, 4.69) is 5.32 Å². The van der Waals surface area contributed by atoms with Crippen LogP contribution in [0.1, 0.15) is 18.5 Å². The Morgan fingerprint density at radius 1 is 1.37 bits per heavy atom. The second-order valence-corrected chi connectivity index (χ2v) is 4.12. The summed E-state index contributed by atoms with van der Waals surface area (Å²) in [6.45, 7) is 1.04. The number of phenolic OH excluding ortho intramolecular Hbond substituents is 1. The molecular formula is C12H16F3NO3. The molecule has 0 spiro atoms. The number of aliphatic hydroxyl groups is 1. The van der Waals surface area contributed by atoms with Crippen molar-refractivity contribution in [2.24, 2.45) is 0 Å². The molecule has 0 heterocycles. The number of aliphatic hydroxyl groups excluding tert-OH is 1. The molecule has 0 amide bonds. The Hall–Kier alpha value is -1.47. The molecule has 3 N–H and O–H groups in total. The number of alkyl halides is 3. The second kappa shape index (κ2) is 6.12. The number of hydrogen-bond acceptors (Lipinski definition) is 4. The van der Waals surface area contributed by atoms with Gasteiger partial charge in [-0.05, 0) is 24.6 Å². The molecule has 108 valence electrons. The number of nitrogens with one attached hydrogen (secondary N) is 1. The number of benzene rings is 1. The third kappa shape index (κ3) is 4.29. The Bertz CT molecular complexity index is 423. The molecule has 4 nitrogen and oxygen atoms in total. The van der Waals surface area contributed by atoms with Crippen LogP contribution in [-0.4, -0.2) is 36.1 Å². The van der Waals surface area contributed by atoms with Gasteiger partial charge in [0.2, 0.25) is 0 Å². The Morgan fingerprint density at radius 2 is 2.00 bits per heavy atom. The summed E-state index contributed by atoms with van der Waals surface area (Å²) in [4.78, 5) is 0. The van der Waals surface area contributed by atoms with Crippen molar-refractivity contribution in [2.75, 3.05) is 13.7 Å². The smallest absolute Gasteiger partial charge is 0.415 e. The van der Waals surface area contributed by atoms with Crippen molar-refractivity contribution >= 4 is 0 Å². The summed E-state index contributed by atoms with van der Waals surface area (Å²) in [5.41, 5.74) is 0.643. The molecule has 0 aromatic heterocycles. The number of methoxy groups -OCH3 is 1. The number of ether oxygens (including phenoxy) is 1. The first-order valence-corrected chi connectivity index (χ1v) is 5.60. The van der Waals surface area contributed by atoms with E-state index < -0.39 is 24.9 Å². The highest BCUT2D eigenvalue weighted by Crippen LogP contribution is 2.29. The Balaban J connectivity index is 2.66. The molecule has 0 fully saturated rings. The van der Waals surface area contributed by atoms with Crippen molar-refractivity contribution in [1.82, 2.24) is 5.32 Å². The van der Waals surface area contributed by atoms with Crippen LogP contribution >= 0.6 is 0 Å².